The number of benzene rings is 1. The molecule has 2 N–H and O–H groups in total. The van der Waals surface area contributed by atoms with Gasteiger partial charge < -0.3 is 5.11 Å². The van der Waals surface area contributed by atoms with Gasteiger partial charge in [0, 0.05) is 6.54 Å². The van der Waals surface area contributed by atoms with E-state index in [2.05, 4.69) is 18.6 Å². The third-order valence-electron chi connectivity index (χ3n) is 4.27. The van der Waals surface area contributed by atoms with Gasteiger partial charge in [0.25, 0.3) is 0 Å². The zero-order valence-electron chi connectivity index (χ0n) is 12.8. The van der Waals surface area contributed by atoms with Crippen molar-refractivity contribution in [1.82, 2.24) is 4.72 Å². The molecule has 2 rings (SSSR count). The highest BCUT2D eigenvalue weighted by molar-refractivity contribution is 7.89. The number of aromatic hydroxyl groups is 1. The van der Waals surface area contributed by atoms with Crippen molar-refractivity contribution < 1.29 is 13.5 Å². The largest absolute Gasteiger partial charge is 0.508 e. The molecule has 0 spiro atoms. The fraction of sp³-hybridized carbons (Fsp3) is 0.625. The number of phenolic OH excluding ortho intramolecular Hbond substituents is 1. The van der Waals surface area contributed by atoms with Crippen molar-refractivity contribution in [2.75, 3.05) is 6.54 Å². The van der Waals surface area contributed by atoms with Crippen LogP contribution in [0.4, 0.5) is 0 Å². The van der Waals surface area contributed by atoms with Gasteiger partial charge in [0.2, 0.25) is 10.0 Å². The number of nitrogens with one attached hydrogen (secondary N) is 1. The van der Waals surface area contributed by atoms with Crippen LogP contribution in [0.25, 0.3) is 0 Å². The van der Waals surface area contributed by atoms with Crippen LogP contribution in [0.2, 0.25) is 0 Å². The van der Waals surface area contributed by atoms with Crippen molar-refractivity contribution in [1.29, 1.82) is 0 Å². The van der Waals surface area contributed by atoms with Gasteiger partial charge >= 0.3 is 0 Å². The molecule has 1 aliphatic rings. The molecule has 0 radical (unpaired) electrons. The number of sulfonamides is 1. The summed E-state index contributed by atoms with van der Waals surface area (Å²) >= 11 is 0. The van der Waals surface area contributed by atoms with Crippen LogP contribution in [-0.4, -0.2) is 20.1 Å². The summed E-state index contributed by atoms with van der Waals surface area (Å²) in [4.78, 5) is 0.125. The maximum atomic E-state index is 12.3. The molecule has 1 saturated carbocycles. The van der Waals surface area contributed by atoms with Crippen LogP contribution >= 0.6 is 0 Å². The van der Waals surface area contributed by atoms with Crippen LogP contribution in [0.15, 0.2) is 29.2 Å². The van der Waals surface area contributed by atoms with Crippen molar-refractivity contribution in [3.8, 4) is 5.75 Å². The van der Waals surface area contributed by atoms with Crippen molar-refractivity contribution in [3.05, 3.63) is 24.3 Å². The van der Waals surface area contributed by atoms with E-state index >= 15 is 0 Å². The fourth-order valence-corrected chi connectivity index (χ4v) is 4.62. The van der Waals surface area contributed by atoms with Gasteiger partial charge in [-0.3, -0.25) is 0 Å². The van der Waals surface area contributed by atoms with E-state index in [0.29, 0.717) is 12.5 Å². The summed E-state index contributed by atoms with van der Waals surface area (Å²) in [6, 6.07) is 5.80. The molecule has 0 bridgehead atoms. The molecule has 1 aromatic carbocycles. The number of hydrogen-bond donors (Lipinski definition) is 2. The first-order valence-electron chi connectivity index (χ1n) is 7.62. The van der Waals surface area contributed by atoms with Gasteiger partial charge in [-0.25, -0.2) is 13.1 Å². The van der Waals surface area contributed by atoms with E-state index in [0.717, 1.165) is 19.3 Å². The third-order valence-corrected chi connectivity index (χ3v) is 5.67. The number of rotatable bonds is 6. The van der Waals surface area contributed by atoms with Gasteiger partial charge in [0.1, 0.15) is 5.75 Å². The minimum atomic E-state index is -3.55. The Labute approximate surface area is 127 Å². The first-order valence-corrected chi connectivity index (χ1v) is 9.10. The molecular weight excluding hydrogens is 286 g/mol. The second-order valence-corrected chi connectivity index (χ2v) is 8.39. The molecule has 0 aliphatic heterocycles. The second-order valence-electron chi connectivity index (χ2n) is 6.63. The normalized spacial score (nSPS) is 18.2. The highest BCUT2D eigenvalue weighted by Gasteiger charge is 2.35. The van der Waals surface area contributed by atoms with Crippen molar-refractivity contribution >= 4 is 10.0 Å². The van der Waals surface area contributed by atoms with Gasteiger partial charge in [0.15, 0.2) is 0 Å². The Hall–Kier alpha value is -1.07. The van der Waals surface area contributed by atoms with Crippen LogP contribution < -0.4 is 4.72 Å². The number of phenols is 1. The lowest BCUT2D eigenvalue weighted by molar-refractivity contribution is 0.236. The molecule has 21 heavy (non-hydrogen) atoms. The summed E-state index contributed by atoms with van der Waals surface area (Å²) in [5, 5.41) is 9.43. The van der Waals surface area contributed by atoms with E-state index in [9.17, 15) is 13.5 Å². The maximum absolute atomic E-state index is 12.3. The molecule has 0 atom stereocenters. The Morgan fingerprint density at radius 1 is 1.29 bits per heavy atom. The van der Waals surface area contributed by atoms with Crippen molar-refractivity contribution in [2.45, 2.75) is 50.8 Å². The molecule has 1 aromatic rings. The van der Waals surface area contributed by atoms with Crippen LogP contribution in [0, 0.1) is 11.3 Å². The summed E-state index contributed by atoms with van der Waals surface area (Å²) in [6.07, 6.45) is 5.60. The topological polar surface area (TPSA) is 66.4 Å². The first-order chi connectivity index (χ1) is 9.83. The predicted octanol–water partition coefficient (Wildman–Crippen LogP) is 3.28. The number of hydrogen-bond acceptors (Lipinski definition) is 3. The third kappa shape index (κ3) is 4.20. The molecule has 118 valence electrons. The Kier molecular flexibility index (Phi) is 4.94. The lowest BCUT2D eigenvalue weighted by Crippen LogP contribution is -2.36. The first kappa shape index (κ1) is 16.3. The summed E-state index contributed by atoms with van der Waals surface area (Å²) in [5.41, 5.74) is 0.0953. The highest BCUT2D eigenvalue weighted by atomic mass is 32.2. The smallest absolute Gasteiger partial charge is 0.240 e. The average Bonchev–Trinajstić information content (AvgIpc) is 2.85. The van der Waals surface area contributed by atoms with Crippen molar-refractivity contribution in [2.24, 2.45) is 11.3 Å². The molecule has 0 heterocycles. The monoisotopic (exact) mass is 311 g/mol. The molecule has 0 saturated heterocycles. The summed E-state index contributed by atoms with van der Waals surface area (Å²) in [7, 11) is -3.55. The molecule has 0 aromatic heterocycles. The lowest BCUT2D eigenvalue weighted by atomic mass is 9.79. The highest BCUT2D eigenvalue weighted by Crippen LogP contribution is 2.42. The van der Waals surface area contributed by atoms with Gasteiger partial charge in [-0.15, -0.1) is 0 Å². The molecule has 1 aliphatic carbocycles. The van der Waals surface area contributed by atoms with E-state index in [-0.39, 0.29) is 16.1 Å². The standard InChI is InChI=1S/C16H25NO3S/c1-13(2)11-16(8-3-4-9-16)12-17-21(19,20)15-7-5-6-14(18)10-15/h5-7,10,13,17-18H,3-4,8-9,11-12H2,1-2H3. The van der Waals surface area contributed by atoms with Crippen LogP contribution in [0.1, 0.15) is 46.0 Å². The molecule has 5 heteroatoms. The van der Waals surface area contributed by atoms with E-state index in [1.807, 2.05) is 0 Å². The Balaban J connectivity index is 2.10. The van der Waals surface area contributed by atoms with Crippen LogP contribution in [0.5, 0.6) is 5.75 Å². The summed E-state index contributed by atoms with van der Waals surface area (Å²) in [6.45, 7) is 4.86. The van der Waals surface area contributed by atoms with Crippen LogP contribution in [0.3, 0.4) is 0 Å². The zero-order chi connectivity index (χ0) is 15.5. The fourth-order valence-electron chi connectivity index (χ4n) is 3.43. The van der Waals surface area contributed by atoms with Crippen LogP contribution in [-0.2, 0) is 10.0 Å². The minimum absolute atomic E-state index is 0.0318. The van der Waals surface area contributed by atoms with Gasteiger partial charge in [-0.2, -0.15) is 0 Å². The molecule has 0 amide bonds. The van der Waals surface area contributed by atoms with Gasteiger partial charge in [-0.1, -0.05) is 32.8 Å². The van der Waals surface area contributed by atoms with Gasteiger partial charge in [0.05, 0.1) is 4.90 Å². The molecular formula is C16H25NO3S. The summed E-state index contributed by atoms with van der Waals surface area (Å²) < 4.78 is 27.4. The minimum Gasteiger partial charge on any atom is -0.508 e. The average molecular weight is 311 g/mol. The Morgan fingerprint density at radius 2 is 1.95 bits per heavy atom. The van der Waals surface area contributed by atoms with E-state index in [4.69, 9.17) is 0 Å². The van der Waals surface area contributed by atoms with Gasteiger partial charge in [-0.05, 0) is 48.8 Å². The quantitative estimate of drug-likeness (QED) is 0.847. The molecule has 1 fully saturated rings. The van der Waals surface area contributed by atoms with E-state index in [1.54, 1.807) is 6.07 Å². The Bertz CT molecular complexity index is 575. The van der Waals surface area contributed by atoms with E-state index in [1.165, 1.54) is 31.0 Å². The SMILES string of the molecule is CC(C)CC1(CNS(=O)(=O)c2cccc(O)c2)CCCC1. The maximum Gasteiger partial charge on any atom is 0.240 e. The zero-order valence-corrected chi connectivity index (χ0v) is 13.6. The second kappa shape index (κ2) is 6.36. The van der Waals surface area contributed by atoms with Crippen molar-refractivity contribution in [3.63, 3.8) is 0 Å². The lowest BCUT2D eigenvalue weighted by Gasteiger charge is -2.31. The molecule has 4 nitrogen and oxygen atoms in total. The van der Waals surface area contributed by atoms with E-state index < -0.39 is 10.0 Å². The molecule has 0 unspecified atom stereocenters. The summed E-state index contributed by atoms with van der Waals surface area (Å²) in [5.74, 6) is 0.531. The predicted molar refractivity (Wildman–Crippen MR) is 83.7 cm³/mol. The Morgan fingerprint density at radius 3 is 2.52 bits per heavy atom.